The number of carbonyl (C=O) groups is 2. The fourth-order valence-electron chi connectivity index (χ4n) is 1.38. The molecule has 2 N–H and O–H groups in total. The number of benzene rings is 1. The van der Waals surface area contributed by atoms with Crippen LogP contribution in [0.15, 0.2) is 36.4 Å². The first-order chi connectivity index (χ1) is 9.82. The summed E-state index contributed by atoms with van der Waals surface area (Å²) in [5.41, 5.74) is 0.747. The van der Waals surface area contributed by atoms with Crippen molar-refractivity contribution in [1.29, 1.82) is 0 Å². The van der Waals surface area contributed by atoms with E-state index in [0.717, 1.165) is 6.42 Å². The molecule has 0 saturated carbocycles. The highest BCUT2D eigenvalue weighted by molar-refractivity contribution is 5.94. The largest absolute Gasteiger partial charge is 0.471 e. The van der Waals surface area contributed by atoms with Gasteiger partial charge in [0.1, 0.15) is 0 Å². The second kappa shape index (κ2) is 7.47. The molecule has 0 spiro atoms. The summed E-state index contributed by atoms with van der Waals surface area (Å²) in [4.78, 5) is 22.1. The maximum atomic E-state index is 12.1. The van der Waals surface area contributed by atoms with Gasteiger partial charge in [0, 0.05) is 12.2 Å². The summed E-state index contributed by atoms with van der Waals surface area (Å²) in [6, 6.07) is 5.73. The average Bonchev–Trinajstić information content (AvgIpc) is 2.43. The van der Waals surface area contributed by atoms with E-state index in [9.17, 15) is 22.8 Å². The maximum absolute atomic E-state index is 12.1. The van der Waals surface area contributed by atoms with E-state index in [-0.39, 0.29) is 18.1 Å². The van der Waals surface area contributed by atoms with Crippen LogP contribution in [0, 0.1) is 0 Å². The maximum Gasteiger partial charge on any atom is 0.471 e. The van der Waals surface area contributed by atoms with Crippen LogP contribution in [0.2, 0.25) is 0 Å². The highest BCUT2D eigenvalue weighted by Gasteiger charge is 2.38. The highest BCUT2D eigenvalue weighted by Crippen LogP contribution is 2.18. The van der Waals surface area contributed by atoms with Crippen LogP contribution in [-0.2, 0) is 16.1 Å². The number of hydrogen-bond donors (Lipinski definition) is 2. The normalized spacial score (nSPS) is 11.4. The fraction of sp³-hybridized carbons (Fsp3) is 0.286. The van der Waals surface area contributed by atoms with Crippen molar-refractivity contribution in [3.05, 3.63) is 42.0 Å². The molecule has 0 saturated heterocycles. The summed E-state index contributed by atoms with van der Waals surface area (Å²) in [7, 11) is 0. The number of nitrogens with one attached hydrogen (secondary N) is 2. The van der Waals surface area contributed by atoms with Crippen molar-refractivity contribution in [1.82, 2.24) is 5.32 Å². The van der Waals surface area contributed by atoms with Crippen LogP contribution in [0.1, 0.15) is 18.9 Å². The van der Waals surface area contributed by atoms with Crippen LogP contribution in [0.4, 0.5) is 18.9 Å². The Morgan fingerprint density at radius 1 is 1.19 bits per heavy atom. The van der Waals surface area contributed by atoms with Crippen molar-refractivity contribution in [2.75, 3.05) is 5.32 Å². The molecule has 0 unspecified atom stereocenters. The third-order valence-electron chi connectivity index (χ3n) is 2.44. The Morgan fingerprint density at radius 2 is 1.81 bits per heavy atom. The van der Waals surface area contributed by atoms with Gasteiger partial charge in [-0.15, -0.1) is 0 Å². The smallest absolute Gasteiger partial charge is 0.348 e. The molecule has 0 atom stereocenters. The summed E-state index contributed by atoms with van der Waals surface area (Å²) in [6.45, 7) is 2.15. The Kier molecular flexibility index (Phi) is 5.95. The molecular weight excluding hydrogens is 285 g/mol. The molecule has 0 radical (unpaired) electrons. The lowest BCUT2D eigenvalue weighted by atomic mass is 10.2. The first-order valence-corrected chi connectivity index (χ1v) is 6.24. The Balaban J connectivity index is 2.53. The van der Waals surface area contributed by atoms with Gasteiger partial charge in [-0.3, -0.25) is 9.59 Å². The average molecular weight is 300 g/mol. The summed E-state index contributed by atoms with van der Waals surface area (Å²) in [6.07, 6.45) is -1.04. The third-order valence-corrected chi connectivity index (χ3v) is 2.44. The minimum absolute atomic E-state index is 0.0401. The Labute approximate surface area is 120 Å². The quantitative estimate of drug-likeness (QED) is 0.822. The van der Waals surface area contributed by atoms with Crippen molar-refractivity contribution in [2.45, 2.75) is 26.1 Å². The van der Waals surface area contributed by atoms with Gasteiger partial charge < -0.3 is 10.6 Å². The Morgan fingerprint density at radius 3 is 2.33 bits per heavy atom. The fourth-order valence-corrected chi connectivity index (χ4v) is 1.38. The minimum atomic E-state index is -4.92. The van der Waals surface area contributed by atoms with Crippen molar-refractivity contribution < 1.29 is 22.8 Å². The third kappa shape index (κ3) is 6.11. The number of halogens is 3. The van der Waals surface area contributed by atoms with Crippen LogP contribution < -0.4 is 10.6 Å². The summed E-state index contributed by atoms with van der Waals surface area (Å²) in [5, 5.41) is 4.36. The molecule has 0 aliphatic heterocycles. The van der Waals surface area contributed by atoms with E-state index in [0.29, 0.717) is 5.56 Å². The number of hydrogen-bond acceptors (Lipinski definition) is 2. The highest BCUT2D eigenvalue weighted by atomic mass is 19.4. The van der Waals surface area contributed by atoms with Crippen LogP contribution in [0.25, 0.3) is 0 Å². The van der Waals surface area contributed by atoms with Crippen LogP contribution in [0.5, 0.6) is 0 Å². The second-order valence-corrected chi connectivity index (χ2v) is 4.18. The molecule has 0 aliphatic carbocycles. The monoisotopic (exact) mass is 300 g/mol. The summed E-state index contributed by atoms with van der Waals surface area (Å²) < 4.78 is 36.2. The number of alkyl halides is 3. The number of amides is 2. The van der Waals surface area contributed by atoms with Gasteiger partial charge in [-0.25, -0.2) is 0 Å². The predicted octanol–water partition coefficient (Wildman–Crippen LogP) is 2.77. The number of rotatable bonds is 5. The van der Waals surface area contributed by atoms with E-state index in [1.54, 1.807) is 11.4 Å². The molecule has 1 aromatic rings. The van der Waals surface area contributed by atoms with Crippen molar-refractivity contribution in [3.63, 3.8) is 0 Å². The van der Waals surface area contributed by atoms with Crippen LogP contribution in [-0.4, -0.2) is 18.0 Å². The zero-order chi connectivity index (χ0) is 15.9. The zero-order valence-corrected chi connectivity index (χ0v) is 11.3. The molecule has 114 valence electrons. The van der Waals surface area contributed by atoms with Gasteiger partial charge in [0.25, 0.3) is 0 Å². The van der Waals surface area contributed by atoms with Gasteiger partial charge in [-0.2, -0.15) is 13.2 Å². The van der Waals surface area contributed by atoms with E-state index < -0.39 is 12.1 Å². The Bertz CT molecular complexity index is 522. The van der Waals surface area contributed by atoms with Crippen molar-refractivity contribution in [2.24, 2.45) is 0 Å². The molecule has 7 heteroatoms. The summed E-state index contributed by atoms with van der Waals surface area (Å²) in [5.74, 6) is -2.26. The molecule has 1 rings (SSSR count). The van der Waals surface area contributed by atoms with Gasteiger partial charge >= 0.3 is 12.1 Å². The summed E-state index contributed by atoms with van der Waals surface area (Å²) >= 11 is 0. The van der Waals surface area contributed by atoms with E-state index in [1.807, 2.05) is 6.92 Å². The van der Waals surface area contributed by atoms with E-state index in [1.165, 1.54) is 30.3 Å². The molecule has 0 aliphatic rings. The van der Waals surface area contributed by atoms with Crippen LogP contribution >= 0.6 is 0 Å². The van der Waals surface area contributed by atoms with Crippen molar-refractivity contribution in [3.8, 4) is 0 Å². The first kappa shape index (κ1) is 16.7. The number of anilines is 1. The van der Waals surface area contributed by atoms with Gasteiger partial charge in [-0.05, 0) is 30.2 Å². The van der Waals surface area contributed by atoms with Gasteiger partial charge in [-0.1, -0.05) is 25.1 Å². The molecule has 0 bridgehead atoms. The first-order valence-electron chi connectivity index (χ1n) is 6.24. The molecule has 21 heavy (non-hydrogen) atoms. The minimum Gasteiger partial charge on any atom is -0.348 e. The molecule has 0 aromatic heterocycles. The second-order valence-electron chi connectivity index (χ2n) is 4.18. The van der Waals surface area contributed by atoms with Crippen LogP contribution in [0.3, 0.4) is 0 Å². The lowest BCUT2D eigenvalue weighted by molar-refractivity contribution is -0.167. The molecule has 0 heterocycles. The zero-order valence-electron chi connectivity index (χ0n) is 11.3. The standard InChI is InChI=1S/C14H15F3N2O2/c1-2-3-4-12(20)18-9-10-5-7-11(8-6-10)19-13(21)14(15,16)17/h3-8H,2,9H2,1H3,(H,18,20)(H,19,21)/b4-3+. The molecule has 4 nitrogen and oxygen atoms in total. The molecule has 2 amide bonds. The lowest BCUT2D eigenvalue weighted by Gasteiger charge is -2.08. The Hall–Kier alpha value is -2.31. The van der Waals surface area contributed by atoms with Crippen molar-refractivity contribution >= 4 is 17.5 Å². The lowest BCUT2D eigenvalue weighted by Crippen LogP contribution is -2.29. The number of carbonyl (C=O) groups excluding carboxylic acids is 2. The van der Waals surface area contributed by atoms with E-state index >= 15 is 0 Å². The molecule has 1 aromatic carbocycles. The molecular formula is C14H15F3N2O2. The van der Waals surface area contributed by atoms with Gasteiger partial charge in [0.05, 0.1) is 0 Å². The van der Waals surface area contributed by atoms with E-state index in [2.05, 4.69) is 5.32 Å². The van der Waals surface area contributed by atoms with Gasteiger partial charge in [0.15, 0.2) is 0 Å². The SMILES string of the molecule is CC/C=C/C(=O)NCc1ccc(NC(=O)C(F)(F)F)cc1. The molecule has 0 fully saturated rings. The van der Waals surface area contributed by atoms with Gasteiger partial charge in [0.2, 0.25) is 5.91 Å². The predicted molar refractivity (Wildman–Crippen MR) is 72.4 cm³/mol. The number of allylic oxidation sites excluding steroid dienone is 1. The topological polar surface area (TPSA) is 58.2 Å². The van der Waals surface area contributed by atoms with E-state index in [4.69, 9.17) is 0 Å².